The lowest BCUT2D eigenvalue weighted by Crippen LogP contribution is -2.51. The number of halogens is 3. The Labute approximate surface area is 299 Å². The number of fused-ring (bicyclic) bond motifs is 1. The van der Waals surface area contributed by atoms with E-state index in [9.17, 15) is 22.0 Å². The maximum Gasteiger partial charge on any atom is 0.410 e. The molecule has 1 aliphatic heterocycles. The monoisotopic (exact) mass is 734 g/mol. The number of sulfonamides is 1. The van der Waals surface area contributed by atoms with Crippen LogP contribution in [0.15, 0.2) is 79.1 Å². The lowest BCUT2D eigenvalue weighted by Gasteiger charge is -2.36. The number of carbonyl (C=O) groups is 1. The van der Waals surface area contributed by atoms with Crippen LogP contribution in [0, 0.1) is 18.6 Å². The number of hydrogen-bond acceptors (Lipinski definition) is 9. The minimum atomic E-state index is -4.23. The maximum absolute atomic E-state index is 15.2. The number of likely N-dealkylation sites (tertiary alicyclic amines) is 1. The van der Waals surface area contributed by atoms with E-state index in [1.165, 1.54) is 41.6 Å². The third-order valence-electron chi connectivity index (χ3n) is 8.14. The Morgan fingerprint density at radius 1 is 0.942 bits per heavy atom. The van der Waals surface area contributed by atoms with Gasteiger partial charge in [0.2, 0.25) is 21.9 Å². The molecule has 272 valence electrons. The highest BCUT2D eigenvalue weighted by atomic mass is 32.2. The van der Waals surface area contributed by atoms with Gasteiger partial charge >= 0.3 is 6.09 Å². The summed E-state index contributed by atoms with van der Waals surface area (Å²) in [7, 11) is -4.23. The van der Waals surface area contributed by atoms with Gasteiger partial charge in [-0.3, -0.25) is 4.72 Å². The molecule has 1 saturated heterocycles. The van der Waals surface area contributed by atoms with Crippen LogP contribution in [0.25, 0.3) is 22.0 Å². The summed E-state index contributed by atoms with van der Waals surface area (Å²) >= 11 is 0. The summed E-state index contributed by atoms with van der Waals surface area (Å²) in [5.41, 5.74) is 0.440. The van der Waals surface area contributed by atoms with Crippen molar-refractivity contribution in [2.45, 2.75) is 57.7 Å². The fourth-order valence-electron chi connectivity index (χ4n) is 5.85. The molecule has 15 heteroatoms. The quantitative estimate of drug-likeness (QED) is 0.156. The molecule has 0 spiro atoms. The molecular formula is C37H37F3N6O5S. The van der Waals surface area contributed by atoms with E-state index in [2.05, 4.69) is 25.0 Å². The lowest BCUT2D eigenvalue weighted by atomic mass is 10.0. The number of carbonyl (C=O) groups excluding carboxylic acids is 1. The summed E-state index contributed by atoms with van der Waals surface area (Å²) in [4.78, 5) is 27.4. The van der Waals surface area contributed by atoms with Crippen LogP contribution in [-0.4, -0.2) is 65.3 Å². The minimum absolute atomic E-state index is 0.0607. The highest BCUT2D eigenvalue weighted by molar-refractivity contribution is 7.91. The van der Waals surface area contributed by atoms with Gasteiger partial charge in [-0.05, 0) is 69.7 Å². The van der Waals surface area contributed by atoms with E-state index in [1.807, 2.05) is 0 Å². The molecule has 11 nitrogen and oxygen atoms in total. The van der Waals surface area contributed by atoms with Crippen molar-refractivity contribution < 1.29 is 35.9 Å². The Morgan fingerprint density at radius 2 is 1.71 bits per heavy atom. The first-order chi connectivity index (χ1) is 24.7. The first-order valence-electron chi connectivity index (χ1n) is 16.5. The van der Waals surface area contributed by atoms with E-state index in [4.69, 9.17) is 9.47 Å². The second kappa shape index (κ2) is 14.7. The number of amides is 1. The molecular weight excluding hydrogens is 698 g/mol. The maximum atomic E-state index is 15.2. The number of anilines is 2. The van der Waals surface area contributed by atoms with Gasteiger partial charge in [-0.25, -0.2) is 41.3 Å². The van der Waals surface area contributed by atoms with Crippen molar-refractivity contribution in [3.05, 3.63) is 102 Å². The zero-order valence-electron chi connectivity index (χ0n) is 28.9. The van der Waals surface area contributed by atoms with Crippen LogP contribution in [0.5, 0.6) is 11.6 Å². The van der Waals surface area contributed by atoms with E-state index in [1.54, 1.807) is 58.0 Å². The van der Waals surface area contributed by atoms with Crippen LogP contribution >= 0.6 is 0 Å². The fraction of sp³-hybridized carbons (Fsp3) is 0.297. The van der Waals surface area contributed by atoms with Crippen LogP contribution < -0.4 is 14.8 Å². The zero-order chi connectivity index (χ0) is 37.2. The number of ether oxygens (including phenoxy) is 2. The number of hydrogen-bond donors (Lipinski definition) is 2. The SMILES string of the molecule is Cc1ccc2c(NS(=O)(=O)Cc3ccccc3F)c(F)ccc2c1Oc1ncccc1-c1ccnc(N[C@H]2C[C@H](F)CN(C(=O)OC(C)(C)C)C2)n1. The summed E-state index contributed by atoms with van der Waals surface area (Å²) in [6.07, 6.45) is 1.30. The molecule has 1 amide bonds. The average Bonchev–Trinajstić information content (AvgIpc) is 3.07. The molecule has 3 heterocycles. The van der Waals surface area contributed by atoms with Gasteiger partial charge in [0.25, 0.3) is 0 Å². The van der Waals surface area contributed by atoms with Gasteiger partial charge in [0.1, 0.15) is 29.2 Å². The minimum Gasteiger partial charge on any atom is -0.444 e. The summed E-state index contributed by atoms with van der Waals surface area (Å²) < 4.78 is 84.5. The molecule has 1 fully saturated rings. The molecule has 0 saturated carbocycles. The molecule has 2 N–H and O–H groups in total. The van der Waals surface area contributed by atoms with Crippen molar-refractivity contribution in [1.29, 1.82) is 0 Å². The summed E-state index contributed by atoms with van der Waals surface area (Å²) in [5.74, 6) is -1.59. The van der Waals surface area contributed by atoms with Gasteiger partial charge in [0.15, 0.2) is 0 Å². The normalized spacial score (nSPS) is 16.4. The largest absolute Gasteiger partial charge is 0.444 e. The molecule has 0 radical (unpaired) electrons. The van der Waals surface area contributed by atoms with Gasteiger partial charge in [-0.2, -0.15) is 0 Å². The van der Waals surface area contributed by atoms with Crippen molar-refractivity contribution in [3.8, 4) is 22.9 Å². The molecule has 52 heavy (non-hydrogen) atoms. The molecule has 0 bridgehead atoms. The number of alkyl halides is 1. The Hall–Kier alpha value is -5.44. The average molecular weight is 735 g/mol. The number of nitrogens with one attached hydrogen (secondary N) is 2. The van der Waals surface area contributed by atoms with Crippen molar-refractivity contribution in [1.82, 2.24) is 19.9 Å². The second-order valence-corrected chi connectivity index (χ2v) is 15.2. The van der Waals surface area contributed by atoms with E-state index in [0.29, 0.717) is 22.2 Å². The number of rotatable bonds is 9. The standard InChI is InChI=1S/C37H37F3N6O5S/c1-22-11-12-26-27(13-14-30(40)32(26)45-52(48,49)21-23-8-5-6-10-29(23)39)33(22)50-34-28(9-7-16-41-34)31-15-17-42-35(44-31)43-25-18-24(38)19-46(20-25)36(47)51-37(2,3)4/h5-17,24-25,45H,18-21H2,1-4H3,(H,42,43,44)/t24-,25-/m0/s1. The number of pyridine rings is 1. The number of piperidine rings is 1. The predicted octanol–water partition coefficient (Wildman–Crippen LogP) is 7.77. The van der Waals surface area contributed by atoms with Crippen LogP contribution in [0.4, 0.5) is 29.6 Å². The van der Waals surface area contributed by atoms with Gasteiger partial charge in [-0.15, -0.1) is 0 Å². The summed E-state index contributed by atoms with van der Waals surface area (Å²) in [5, 5.41) is 3.73. The number of nitrogens with zero attached hydrogens (tertiary/aromatic N) is 4. The third-order valence-corrected chi connectivity index (χ3v) is 9.35. The molecule has 0 unspecified atom stereocenters. The van der Waals surface area contributed by atoms with Gasteiger partial charge in [0.05, 0.1) is 29.2 Å². The smallest absolute Gasteiger partial charge is 0.410 e. The number of aryl methyl sites for hydroxylation is 1. The van der Waals surface area contributed by atoms with Crippen LogP contribution in [0.2, 0.25) is 0 Å². The molecule has 5 aromatic rings. The van der Waals surface area contributed by atoms with E-state index in [-0.39, 0.29) is 53.7 Å². The van der Waals surface area contributed by atoms with Gasteiger partial charge in [0, 0.05) is 47.7 Å². The highest BCUT2D eigenvalue weighted by Gasteiger charge is 2.33. The van der Waals surface area contributed by atoms with Gasteiger partial charge < -0.3 is 19.7 Å². The Balaban J connectivity index is 1.26. The van der Waals surface area contributed by atoms with Crippen LogP contribution in [0.3, 0.4) is 0 Å². The van der Waals surface area contributed by atoms with E-state index >= 15 is 4.39 Å². The molecule has 6 rings (SSSR count). The first-order valence-corrected chi connectivity index (χ1v) is 18.1. The van der Waals surface area contributed by atoms with E-state index < -0.39 is 51.3 Å². The number of benzene rings is 3. The summed E-state index contributed by atoms with van der Waals surface area (Å²) in [6, 6.07) is 15.9. The van der Waals surface area contributed by atoms with E-state index in [0.717, 1.165) is 12.1 Å². The second-order valence-electron chi connectivity index (χ2n) is 13.5. The highest BCUT2D eigenvalue weighted by Crippen LogP contribution is 2.40. The van der Waals surface area contributed by atoms with Crippen molar-refractivity contribution >= 4 is 38.5 Å². The molecule has 2 aromatic heterocycles. The fourth-order valence-corrected chi connectivity index (χ4v) is 7.09. The van der Waals surface area contributed by atoms with Crippen LogP contribution in [-0.2, 0) is 20.5 Å². The Bertz CT molecular complexity index is 2230. The molecule has 0 aliphatic carbocycles. The van der Waals surface area contributed by atoms with Gasteiger partial charge in [-0.1, -0.05) is 30.3 Å². The Kier molecular flexibility index (Phi) is 10.2. The topological polar surface area (TPSA) is 136 Å². The predicted molar refractivity (Wildman–Crippen MR) is 191 cm³/mol. The first kappa shape index (κ1) is 36.4. The molecule has 3 aromatic carbocycles. The van der Waals surface area contributed by atoms with Crippen molar-refractivity contribution in [2.24, 2.45) is 0 Å². The summed E-state index contributed by atoms with van der Waals surface area (Å²) in [6.45, 7) is 7.12. The third kappa shape index (κ3) is 8.53. The van der Waals surface area contributed by atoms with Crippen molar-refractivity contribution in [3.63, 3.8) is 0 Å². The Morgan fingerprint density at radius 3 is 2.48 bits per heavy atom. The zero-order valence-corrected chi connectivity index (χ0v) is 29.7. The molecule has 1 aliphatic rings. The molecule has 2 atom stereocenters. The van der Waals surface area contributed by atoms with Crippen LogP contribution in [0.1, 0.15) is 38.3 Å². The lowest BCUT2D eigenvalue weighted by molar-refractivity contribution is 0.0124. The van der Waals surface area contributed by atoms with Crippen molar-refractivity contribution in [2.75, 3.05) is 23.1 Å². The number of aromatic nitrogens is 3.